The maximum Gasteiger partial charge on any atom is 0.258 e. The molecule has 1 aromatic heterocycles. The summed E-state index contributed by atoms with van der Waals surface area (Å²) in [5.74, 6) is 1.21. The van der Waals surface area contributed by atoms with Crippen LogP contribution >= 0.6 is 0 Å². The fourth-order valence-electron chi connectivity index (χ4n) is 3.04. The molecule has 2 aliphatic rings. The molecule has 1 aliphatic carbocycles. The molecule has 0 atom stereocenters. The Morgan fingerprint density at radius 1 is 1.39 bits per heavy atom. The van der Waals surface area contributed by atoms with Crippen LogP contribution in [0.4, 0.5) is 5.82 Å². The number of ether oxygens (including phenoxy) is 1. The maximum atomic E-state index is 12.3. The number of methoxy groups -OCH3 is 1. The van der Waals surface area contributed by atoms with E-state index >= 15 is 0 Å². The summed E-state index contributed by atoms with van der Waals surface area (Å²) in [6.45, 7) is 0.530. The standard InChI is InChI=1S/C17H17N3O3/c1-20-8-12-11-6-14(19-16(21)9-3-4-9)18-7-10(11)5-13(23-2)15(12)17(20)22/h5-7,9H,3-4,8H2,1-2H3,(H,18,19,21). The summed E-state index contributed by atoms with van der Waals surface area (Å²) in [6, 6.07) is 3.67. The van der Waals surface area contributed by atoms with Crippen molar-refractivity contribution in [2.45, 2.75) is 19.4 Å². The van der Waals surface area contributed by atoms with Gasteiger partial charge in [-0.3, -0.25) is 9.59 Å². The van der Waals surface area contributed by atoms with Crippen LogP contribution in [0, 0.1) is 5.92 Å². The van der Waals surface area contributed by atoms with Crippen molar-refractivity contribution in [3.8, 4) is 5.75 Å². The molecule has 0 saturated heterocycles. The number of nitrogens with zero attached hydrogens (tertiary/aromatic N) is 2. The van der Waals surface area contributed by atoms with E-state index in [4.69, 9.17) is 4.74 Å². The lowest BCUT2D eigenvalue weighted by Gasteiger charge is -2.10. The Kier molecular flexibility index (Phi) is 3.01. The van der Waals surface area contributed by atoms with Crippen LogP contribution < -0.4 is 10.1 Å². The summed E-state index contributed by atoms with van der Waals surface area (Å²) in [6.07, 6.45) is 3.61. The molecular weight excluding hydrogens is 294 g/mol. The molecule has 4 rings (SSSR count). The number of anilines is 1. The van der Waals surface area contributed by atoms with Crippen molar-refractivity contribution in [2.24, 2.45) is 5.92 Å². The highest BCUT2D eigenvalue weighted by atomic mass is 16.5. The molecule has 2 aromatic rings. The molecule has 1 saturated carbocycles. The third-order valence-electron chi connectivity index (χ3n) is 4.47. The number of rotatable bonds is 3. The molecule has 0 bridgehead atoms. The van der Waals surface area contributed by atoms with Gasteiger partial charge in [0.2, 0.25) is 5.91 Å². The summed E-state index contributed by atoms with van der Waals surface area (Å²) in [4.78, 5) is 30.2. The van der Waals surface area contributed by atoms with Gasteiger partial charge in [0, 0.05) is 31.1 Å². The minimum Gasteiger partial charge on any atom is -0.496 e. The summed E-state index contributed by atoms with van der Waals surface area (Å²) in [5.41, 5.74) is 1.53. The molecule has 1 fully saturated rings. The average Bonchev–Trinajstić information content (AvgIpc) is 3.34. The first-order valence-corrected chi connectivity index (χ1v) is 7.64. The summed E-state index contributed by atoms with van der Waals surface area (Å²) in [7, 11) is 3.33. The molecule has 0 unspecified atom stereocenters. The Morgan fingerprint density at radius 2 is 2.17 bits per heavy atom. The van der Waals surface area contributed by atoms with Crippen LogP contribution in [0.15, 0.2) is 18.3 Å². The Morgan fingerprint density at radius 3 is 2.87 bits per heavy atom. The Labute approximate surface area is 133 Å². The number of aromatic nitrogens is 1. The predicted octanol–water partition coefficient (Wildman–Crippen LogP) is 2.18. The van der Waals surface area contributed by atoms with Gasteiger partial charge < -0.3 is 15.0 Å². The first kappa shape index (κ1) is 14.0. The number of hydrogen-bond acceptors (Lipinski definition) is 4. The highest BCUT2D eigenvalue weighted by Gasteiger charge is 2.32. The normalized spacial score (nSPS) is 16.6. The SMILES string of the molecule is COc1cc2cnc(NC(=O)C3CC3)cc2c2c1C(=O)N(C)C2. The van der Waals surface area contributed by atoms with Gasteiger partial charge >= 0.3 is 0 Å². The van der Waals surface area contributed by atoms with Gasteiger partial charge in [0.1, 0.15) is 11.6 Å². The first-order valence-electron chi connectivity index (χ1n) is 7.64. The summed E-state index contributed by atoms with van der Waals surface area (Å²) < 4.78 is 5.37. The molecule has 0 spiro atoms. The van der Waals surface area contributed by atoms with Crippen LogP contribution in [0.25, 0.3) is 10.8 Å². The molecule has 6 heteroatoms. The van der Waals surface area contributed by atoms with Crippen molar-refractivity contribution >= 4 is 28.4 Å². The maximum absolute atomic E-state index is 12.3. The Bertz CT molecular complexity index is 843. The second-order valence-electron chi connectivity index (χ2n) is 6.15. The number of carbonyl (C=O) groups is 2. The van der Waals surface area contributed by atoms with Gasteiger partial charge in [-0.15, -0.1) is 0 Å². The van der Waals surface area contributed by atoms with E-state index in [9.17, 15) is 9.59 Å². The number of benzene rings is 1. The number of fused-ring (bicyclic) bond motifs is 3. The molecule has 2 heterocycles. The van der Waals surface area contributed by atoms with Crippen LogP contribution in [0.3, 0.4) is 0 Å². The molecule has 1 N–H and O–H groups in total. The Balaban J connectivity index is 1.83. The number of nitrogens with one attached hydrogen (secondary N) is 1. The van der Waals surface area contributed by atoms with Crippen molar-refractivity contribution in [3.05, 3.63) is 29.5 Å². The van der Waals surface area contributed by atoms with Gasteiger partial charge in [0.05, 0.1) is 12.7 Å². The summed E-state index contributed by atoms with van der Waals surface area (Å²) >= 11 is 0. The second kappa shape index (κ2) is 4.94. The van der Waals surface area contributed by atoms with Gasteiger partial charge in [-0.25, -0.2) is 4.98 Å². The molecule has 1 aliphatic heterocycles. The van der Waals surface area contributed by atoms with Crippen molar-refractivity contribution < 1.29 is 14.3 Å². The molecule has 6 nitrogen and oxygen atoms in total. The van der Waals surface area contributed by atoms with E-state index in [0.29, 0.717) is 23.7 Å². The topological polar surface area (TPSA) is 71.5 Å². The van der Waals surface area contributed by atoms with E-state index in [1.165, 1.54) is 0 Å². The van der Waals surface area contributed by atoms with E-state index in [1.54, 1.807) is 25.3 Å². The minimum absolute atomic E-state index is 0.0233. The van der Waals surface area contributed by atoms with Crippen molar-refractivity contribution in [3.63, 3.8) is 0 Å². The zero-order valence-electron chi connectivity index (χ0n) is 13.0. The van der Waals surface area contributed by atoms with Crippen molar-refractivity contribution in [2.75, 3.05) is 19.5 Å². The highest BCUT2D eigenvalue weighted by Crippen LogP contribution is 2.37. The Hall–Kier alpha value is -2.63. The summed E-state index contributed by atoms with van der Waals surface area (Å²) in [5, 5.41) is 4.68. The van der Waals surface area contributed by atoms with Gasteiger partial charge in [0.15, 0.2) is 0 Å². The van der Waals surface area contributed by atoms with Crippen LogP contribution in [-0.2, 0) is 11.3 Å². The number of carbonyl (C=O) groups excluding carboxylic acids is 2. The second-order valence-corrected chi connectivity index (χ2v) is 6.15. The molecule has 2 amide bonds. The number of pyridine rings is 1. The average molecular weight is 311 g/mol. The number of hydrogen-bond donors (Lipinski definition) is 1. The van der Waals surface area contributed by atoms with Gasteiger partial charge in [-0.05, 0) is 35.9 Å². The minimum atomic E-state index is -0.0425. The molecule has 1 aromatic carbocycles. The lowest BCUT2D eigenvalue weighted by atomic mass is 10.0. The molecule has 118 valence electrons. The van der Waals surface area contributed by atoms with E-state index in [2.05, 4.69) is 10.3 Å². The zero-order chi connectivity index (χ0) is 16.1. The lowest BCUT2D eigenvalue weighted by molar-refractivity contribution is -0.117. The van der Waals surface area contributed by atoms with Gasteiger partial charge in [0.25, 0.3) is 5.91 Å². The fraction of sp³-hybridized carbons (Fsp3) is 0.353. The van der Waals surface area contributed by atoms with Crippen LogP contribution in [-0.4, -0.2) is 35.9 Å². The van der Waals surface area contributed by atoms with E-state index < -0.39 is 0 Å². The van der Waals surface area contributed by atoms with Gasteiger partial charge in [-0.2, -0.15) is 0 Å². The number of amides is 2. The predicted molar refractivity (Wildman–Crippen MR) is 85.4 cm³/mol. The third-order valence-corrected chi connectivity index (χ3v) is 4.47. The third kappa shape index (κ3) is 2.21. The van der Waals surface area contributed by atoms with Crippen molar-refractivity contribution in [1.29, 1.82) is 0 Å². The van der Waals surface area contributed by atoms with E-state index in [-0.39, 0.29) is 17.7 Å². The highest BCUT2D eigenvalue weighted by molar-refractivity contribution is 6.07. The molecule has 0 radical (unpaired) electrons. The van der Waals surface area contributed by atoms with Crippen molar-refractivity contribution in [1.82, 2.24) is 9.88 Å². The monoisotopic (exact) mass is 311 g/mol. The fourth-order valence-corrected chi connectivity index (χ4v) is 3.04. The largest absolute Gasteiger partial charge is 0.496 e. The van der Waals surface area contributed by atoms with E-state index in [1.807, 2.05) is 12.1 Å². The lowest BCUT2D eigenvalue weighted by Crippen LogP contribution is -2.17. The molecule has 23 heavy (non-hydrogen) atoms. The molecular formula is C17H17N3O3. The van der Waals surface area contributed by atoms with Crippen LogP contribution in [0.1, 0.15) is 28.8 Å². The van der Waals surface area contributed by atoms with Crippen LogP contribution in [0.2, 0.25) is 0 Å². The quantitative estimate of drug-likeness (QED) is 0.943. The zero-order valence-corrected chi connectivity index (χ0v) is 13.0. The van der Waals surface area contributed by atoms with Gasteiger partial charge in [-0.1, -0.05) is 0 Å². The van der Waals surface area contributed by atoms with Crippen LogP contribution in [0.5, 0.6) is 5.75 Å². The first-order chi connectivity index (χ1) is 11.1. The van der Waals surface area contributed by atoms with E-state index in [0.717, 1.165) is 29.2 Å². The smallest absolute Gasteiger partial charge is 0.258 e.